The molecule has 2 aromatic rings. The van der Waals surface area contributed by atoms with Crippen LogP contribution in [-0.2, 0) is 15.8 Å². The highest BCUT2D eigenvalue weighted by molar-refractivity contribution is 6.74. The standard InChI is InChI=1S/C19H25N3O3Si/c1-19(2,3)26(4,5)25-12-16-11-21-13-22(16)17(18(23)24)15-8-6-14(10-20)7-9-15/h6-9,11,13,17H,12H2,1-5H3,(H,23,24). The molecule has 0 radical (unpaired) electrons. The Morgan fingerprint density at radius 3 is 2.46 bits per heavy atom. The molecule has 1 aromatic heterocycles. The summed E-state index contributed by atoms with van der Waals surface area (Å²) < 4.78 is 7.85. The van der Waals surface area contributed by atoms with E-state index in [4.69, 9.17) is 9.69 Å². The molecule has 0 amide bonds. The Hall–Kier alpha value is -2.43. The summed E-state index contributed by atoms with van der Waals surface area (Å²) in [6, 6.07) is 7.69. The van der Waals surface area contributed by atoms with E-state index in [0.29, 0.717) is 23.4 Å². The summed E-state index contributed by atoms with van der Waals surface area (Å²) in [6.45, 7) is 11.1. The summed E-state index contributed by atoms with van der Waals surface area (Å²) in [5, 5.41) is 18.7. The lowest BCUT2D eigenvalue weighted by Gasteiger charge is -2.36. The number of aromatic nitrogens is 2. The van der Waals surface area contributed by atoms with Crippen LogP contribution in [0.3, 0.4) is 0 Å². The summed E-state index contributed by atoms with van der Waals surface area (Å²) in [7, 11) is -1.96. The van der Waals surface area contributed by atoms with Gasteiger partial charge in [-0.25, -0.2) is 9.78 Å². The van der Waals surface area contributed by atoms with Crippen molar-refractivity contribution in [2.45, 2.75) is 51.6 Å². The third-order valence-electron chi connectivity index (χ3n) is 5.00. The minimum absolute atomic E-state index is 0.0666. The Kier molecular flexibility index (Phi) is 5.69. The molecule has 1 heterocycles. The van der Waals surface area contributed by atoms with E-state index in [1.54, 1.807) is 35.0 Å². The van der Waals surface area contributed by atoms with Gasteiger partial charge in [-0.2, -0.15) is 5.26 Å². The molecule has 1 unspecified atom stereocenters. The number of hydrogen-bond acceptors (Lipinski definition) is 4. The van der Waals surface area contributed by atoms with Gasteiger partial charge in [-0.3, -0.25) is 0 Å². The van der Waals surface area contributed by atoms with Crippen LogP contribution in [0.1, 0.15) is 43.6 Å². The van der Waals surface area contributed by atoms with Crippen molar-refractivity contribution in [3.8, 4) is 6.07 Å². The van der Waals surface area contributed by atoms with Gasteiger partial charge < -0.3 is 14.1 Å². The lowest BCUT2D eigenvalue weighted by molar-refractivity contribution is -0.139. The van der Waals surface area contributed by atoms with E-state index in [0.717, 1.165) is 0 Å². The van der Waals surface area contributed by atoms with E-state index < -0.39 is 20.3 Å². The van der Waals surface area contributed by atoms with Crippen molar-refractivity contribution in [1.82, 2.24) is 9.55 Å². The molecule has 1 atom stereocenters. The number of benzene rings is 1. The molecule has 2 rings (SSSR count). The van der Waals surface area contributed by atoms with Gasteiger partial charge in [-0.15, -0.1) is 0 Å². The fraction of sp³-hybridized carbons (Fsp3) is 0.421. The third kappa shape index (κ3) is 4.21. The Labute approximate surface area is 155 Å². The molecule has 138 valence electrons. The Bertz CT molecular complexity index is 814. The number of carboxylic acids is 1. The Balaban J connectivity index is 2.31. The molecular formula is C19H25N3O3Si. The van der Waals surface area contributed by atoms with E-state index >= 15 is 0 Å². The monoisotopic (exact) mass is 371 g/mol. The largest absolute Gasteiger partial charge is 0.479 e. The highest BCUT2D eigenvalue weighted by Gasteiger charge is 2.37. The predicted molar refractivity (Wildman–Crippen MR) is 101 cm³/mol. The van der Waals surface area contributed by atoms with Crippen LogP contribution in [0.2, 0.25) is 18.1 Å². The number of nitrogens with zero attached hydrogens (tertiary/aromatic N) is 3. The maximum absolute atomic E-state index is 11.9. The molecular weight excluding hydrogens is 346 g/mol. The maximum atomic E-state index is 11.9. The first-order valence-corrected chi connectivity index (χ1v) is 11.3. The van der Waals surface area contributed by atoms with Crippen LogP contribution in [0.15, 0.2) is 36.8 Å². The summed E-state index contributed by atoms with van der Waals surface area (Å²) in [6.07, 6.45) is 3.16. The van der Waals surface area contributed by atoms with Crippen molar-refractivity contribution in [2.24, 2.45) is 0 Å². The number of carboxylic acid groups (broad SMARTS) is 1. The van der Waals surface area contributed by atoms with Crippen LogP contribution in [0.25, 0.3) is 0 Å². The van der Waals surface area contributed by atoms with Gasteiger partial charge in [-0.1, -0.05) is 32.9 Å². The number of rotatable bonds is 6. The molecule has 1 N–H and O–H groups in total. The lowest BCUT2D eigenvalue weighted by Crippen LogP contribution is -2.40. The molecule has 0 saturated carbocycles. The van der Waals surface area contributed by atoms with E-state index in [1.807, 2.05) is 6.07 Å². The second-order valence-electron chi connectivity index (χ2n) is 7.82. The zero-order valence-corrected chi connectivity index (χ0v) is 16.9. The zero-order chi connectivity index (χ0) is 19.5. The number of carbonyl (C=O) groups is 1. The van der Waals surface area contributed by atoms with Crippen molar-refractivity contribution in [1.29, 1.82) is 5.26 Å². The molecule has 6 nitrogen and oxygen atoms in total. The molecule has 0 aliphatic heterocycles. The molecule has 0 spiro atoms. The van der Waals surface area contributed by atoms with Gasteiger partial charge in [0, 0.05) is 0 Å². The molecule has 26 heavy (non-hydrogen) atoms. The van der Waals surface area contributed by atoms with Gasteiger partial charge in [0.2, 0.25) is 0 Å². The van der Waals surface area contributed by atoms with Crippen molar-refractivity contribution >= 4 is 14.3 Å². The Morgan fingerprint density at radius 2 is 1.96 bits per heavy atom. The summed E-state index contributed by atoms with van der Waals surface area (Å²) in [4.78, 5) is 16.0. The van der Waals surface area contributed by atoms with Crippen molar-refractivity contribution < 1.29 is 14.3 Å². The van der Waals surface area contributed by atoms with E-state index in [9.17, 15) is 9.90 Å². The van der Waals surface area contributed by atoms with Crippen LogP contribution in [-0.4, -0.2) is 28.9 Å². The average Bonchev–Trinajstić information content (AvgIpc) is 3.00. The third-order valence-corrected chi connectivity index (χ3v) is 9.48. The normalized spacial score (nSPS) is 13.2. The van der Waals surface area contributed by atoms with Gasteiger partial charge in [-0.05, 0) is 35.8 Å². The zero-order valence-electron chi connectivity index (χ0n) is 15.9. The highest BCUT2D eigenvalue weighted by Crippen LogP contribution is 2.37. The van der Waals surface area contributed by atoms with Crippen LogP contribution in [0.5, 0.6) is 0 Å². The number of hydrogen-bond donors (Lipinski definition) is 1. The van der Waals surface area contributed by atoms with Crippen LogP contribution in [0.4, 0.5) is 0 Å². The van der Waals surface area contributed by atoms with Crippen molar-refractivity contribution in [2.75, 3.05) is 0 Å². The Morgan fingerprint density at radius 1 is 1.35 bits per heavy atom. The number of imidazole rings is 1. The first kappa shape index (κ1) is 19.9. The first-order chi connectivity index (χ1) is 12.1. The smallest absolute Gasteiger partial charge is 0.331 e. The average molecular weight is 372 g/mol. The maximum Gasteiger partial charge on any atom is 0.331 e. The predicted octanol–water partition coefficient (Wildman–Crippen LogP) is 3.95. The highest BCUT2D eigenvalue weighted by atomic mass is 28.4. The fourth-order valence-corrected chi connectivity index (χ4v) is 3.25. The molecule has 0 saturated heterocycles. The SMILES string of the molecule is CC(C)(C)[Si](C)(C)OCc1cncn1C(C(=O)O)c1ccc(C#N)cc1. The fourth-order valence-electron chi connectivity index (χ4n) is 2.31. The van der Waals surface area contributed by atoms with E-state index in [1.165, 1.54) is 6.33 Å². The molecule has 1 aromatic carbocycles. The van der Waals surface area contributed by atoms with Gasteiger partial charge in [0.15, 0.2) is 14.4 Å². The second kappa shape index (κ2) is 7.44. The van der Waals surface area contributed by atoms with Gasteiger partial charge in [0.1, 0.15) is 0 Å². The van der Waals surface area contributed by atoms with Crippen LogP contribution >= 0.6 is 0 Å². The quantitative estimate of drug-likeness (QED) is 0.777. The molecule has 0 aliphatic rings. The molecule has 0 fully saturated rings. The lowest BCUT2D eigenvalue weighted by atomic mass is 10.0. The van der Waals surface area contributed by atoms with Crippen LogP contribution in [0, 0.1) is 11.3 Å². The minimum atomic E-state index is -1.96. The van der Waals surface area contributed by atoms with E-state index in [-0.39, 0.29) is 5.04 Å². The first-order valence-electron chi connectivity index (χ1n) is 8.44. The topological polar surface area (TPSA) is 88.1 Å². The van der Waals surface area contributed by atoms with E-state index in [2.05, 4.69) is 38.8 Å². The molecule has 0 aliphatic carbocycles. The van der Waals surface area contributed by atoms with Crippen LogP contribution < -0.4 is 0 Å². The van der Waals surface area contributed by atoms with Crippen molar-refractivity contribution in [3.63, 3.8) is 0 Å². The number of aliphatic carboxylic acids is 1. The van der Waals surface area contributed by atoms with Gasteiger partial charge in [0.25, 0.3) is 0 Å². The second-order valence-corrected chi connectivity index (χ2v) is 12.6. The minimum Gasteiger partial charge on any atom is -0.479 e. The summed E-state index contributed by atoms with van der Waals surface area (Å²) in [5.41, 5.74) is 1.79. The molecule has 0 bridgehead atoms. The molecule has 7 heteroatoms. The van der Waals surface area contributed by atoms with Crippen molar-refractivity contribution in [3.05, 3.63) is 53.6 Å². The van der Waals surface area contributed by atoms with Gasteiger partial charge >= 0.3 is 5.97 Å². The number of nitriles is 1. The summed E-state index contributed by atoms with van der Waals surface area (Å²) in [5.74, 6) is -0.985. The summed E-state index contributed by atoms with van der Waals surface area (Å²) >= 11 is 0. The van der Waals surface area contributed by atoms with Gasteiger partial charge in [0.05, 0.1) is 36.5 Å².